The van der Waals surface area contributed by atoms with Crippen LogP contribution in [-0.4, -0.2) is 16.0 Å². The maximum Gasteiger partial charge on any atom is 0.114 e. The highest BCUT2D eigenvalue weighted by molar-refractivity contribution is 7.09. The van der Waals surface area contributed by atoms with E-state index in [1.165, 1.54) is 29.7 Å². The normalized spacial score (nSPS) is 16.6. The van der Waals surface area contributed by atoms with E-state index >= 15 is 0 Å². The molecule has 0 aliphatic heterocycles. The summed E-state index contributed by atoms with van der Waals surface area (Å²) in [7, 11) is 0. The Bertz CT molecular complexity index is 587. The monoisotopic (exact) mass is 287 g/mol. The summed E-state index contributed by atoms with van der Waals surface area (Å²) in [5, 5.41) is 7.08. The second-order valence-electron chi connectivity index (χ2n) is 5.87. The second-order valence-corrected chi connectivity index (χ2v) is 6.76. The molecule has 0 amide bonds. The number of hydrogen-bond acceptors (Lipinski definition) is 4. The third-order valence-electron chi connectivity index (χ3n) is 3.75. The lowest BCUT2D eigenvalue weighted by molar-refractivity contribution is 0.591. The van der Waals surface area contributed by atoms with Crippen LogP contribution in [0.1, 0.15) is 60.5 Å². The Labute approximate surface area is 124 Å². The topological polar surface area (TPSA) is 37.8 Å². The molecule has 106 valence electrons. The Hall–Kier alpha value is -1.26. The summed E-state index contributed by atoms with van der Waals surface area (Å²) in [6.45, 7) is 6.53. The van der Waals surface area contributed by atoms with E-state index < -0.39 is 0 Å². The molecule has 1 atom stereocenters. The summed E-state index contributed by atoms with van der Waals surface area (Å²) in [5.41, 5.74) is 3.72. The van der Waals surface area contributed by atoms with Crippen molar-refractivity contribution in [3.05, 3.63) is 45.7 Å². The molecule has 0 aromatic carbocycles. The maximum absolute atomic E-state index is 4.84. The quantitative estimate of drug-likeness (QED) is 0.908. The van der Waals surface area contributed by atoms with E-state index in [2.05, 4.69) is 42.5 Å². The zero-order chi connectivity index (χ0) is 14.1. The molecule has 0 saturated heterocycles. The van der Waals surface area contributed by atoms with Gasteiger partial charge in [-0.2, -0.15) is 0 Å². The molecule has 0 bridgehead atoms. The van der Waals surface area contributed by atoms with Gasteiger partial charge in [-0.15, -0.1) is 11.3 Å². The lowest BCUT2D eigenvalue weighted by atomic mass is 10.0. The zero-order valence-corrected chi connectivity index (χ0v) is 13.1. The molecule has 1 fully saturated rings. The molecule has 3 nitrogen and oxygen atoms in total. The summed E-state index contributed by atoms with van der Waals surface area (Å²) >= 11 is 1.76. The molecule has 1 saturated carbocycles. The van der Waals surface area contributed by atoms with E-state index in [0.717, 1.165) is 5.01 Å². The second kappa shape index (κ2) is 5.62. The fraction of sp³-hybridized carbons (Fsp3) is 0.500. The Morgan fingerprint density at radius 2 is 2.15 bits per heavy atom. The standard InChI is InChI=1S/C16H21N3S/c1-10(2)14-9-20-16(19-14)15(18-12-4-5-12)13-8-17-7-6-11(13)3/h6-10,12,15,18H,4-5H2,1-3H3. The molecule has 4 heteroatoms. The van der Waals surface area contributed by atoms with Crippen LogP contribution in [0, 0.1) is 6.92 Å². The van der Waals surface area contributed by atoms with Gasteiger partial charge in [-0.05, 0) is 42.9 Å². The third kappa shape index (κ3) is 2.91. The summed E-state index contributed by atoms with van der Waals surface area (Å²) in [6.07, 6.45) is 6.39. The van der Waals surface area contributed by atoms with Crippen LogP contribution >= 0.6 is 11.3 Å². The van der Waals surface area contributed by atoms with Gasteiger partial charge in [0.25, 0.3) is 0 Å². The molecule has 2 aromatic rings. The van der Waals surface area contributed by atoms with Crippen molar-refractivity contribution in [1.29, 1.82) is 0 Å². The van der Waals surface area contributed by atoms with E-state index in [0.29, 0.717) is 12.0 Å². The number of nitrogens with zero attached hydrogens (tertiary/aromatic N) is 2. The summed E-state index contributed by atoms with van der Waals surface area (Å²) in [5.74, 6) is 0.483. The Morgan fingerprint density at radius 1 is 1.35 bits per heavy atom. The fourth-order valence-corrected chi connectivity index (χ4v) is 3.31. The van der Waals surface area contributed by atoms with Crippen LogP contribution in [0.2, 0.25) is 0 Å². The minimum absolute atomic E-state index is 0.189. The van der Waals surface area contributed by atoms with Gasteiger partial charge in [0.1, 0.15) is 5.01 Å². The van der Waals surface area contributed by atoms with Gasteiger partial charge in [-0.3, -0.25) is 4.98 Å². The van der Waals surface area contributed by atoms with E-state index in [-0.39, 0.29) is 6.04 Å². The number of pyridine rings is 1. The maximum atomic E-state index is 4.84. The van der Waals surface area contributed by atoms with E-state index in [9.17, 15) is 0 Å². The lowest BCUT2D eigenvalue weighted by Gasteiger charge is -2.18. The first kappa shape index (κ1) is 13.7. The third-order valence-corrected chi connectivity index (χ3v) is 4.68. The van der Waals surface area contributed by atoms with Gasteiger partial charge in [0.05, 0.1) is 11.7 Å². The van der Waals surface area contributed by atoms with Gasteiger partial charge in [0, 0.05) is 23.8 Å². The van der Waals surface area contributed by atoms with Crippen molar-refractivity contribution in [2.45, 2.75) is 51.6 Å². The SMILES string of the molecule is Cc1ccncc1C(NC1CC1)c1nc(C(C)C)cs1. The number of thiazole rings is 1. The molecule has 1 N–H and O–H groups in total. The van der Waals surface area contributed by atoms with Gasteiger partial charge in [-0.1, -0.05) is 13.8 Å². The van der Waals surface area contributed by atoms with Crippen LogP contribution < -0.4 is 5.32 Å². The molecule has 3 rings (SSSR count). The average Bonchev–Trinajstić information content (AvgIpc) is 3.11. The van der Waals surface area contributed by atoms with Crippen LogP contribution in [0.4, 0.5) is 0 Å². The van der Waals surface area contributed by atoms with Gasteiger partial charge < -0.3 is 5.32 Å². The van der Waals surface area contributed by atoms with Crippen molar-refractivity contribution < 1.29 is 0 Å². The fourth-order valence-electron chi connectivity index (χ4n) is 2.26. The van der Waals surface area contributed by atoms with Gasteiger partial charge in [0.2, 0.25) is 0 Å². The van der Waals surface area contributed by atoms with Crippen LogP contribution in [0.5, 0.6) is 0 Å². The molecular weight excluding hydrogens is 266 g/mol. The summed E-state index contributed by atoms with van der Waals surface area (Å²) in [6, 6.07) is 2.91. The Balaban J connectivity index is 1.94. The summed E-state index contributed by atoms with van der Waals surface area (Å²) in [4.78, 5) is 9.14. The number of hydrogen-bond donors (Lipinski definition) is 1. The zero-order valence-electron chi connectivity index (χ0n) is 12.3. The van der Waals surface area contributed by atoms with Gasteiger partial charge in [0.15, 0.2) is 0 Å². The smallest absolute Gasteiger partial charge is 0.114 e. The molecule has 20 heavy (non-hydrogen) atoms. The van der Waals surface area contributed by atoms with E-state index in [1.807, 2.05) is 12.4 Å². The van der Waals surface area contributed by atoms with Crippen molar-refractivity contribution >= 4 is 11.3 Å². The first-order valence-electron chi connectivity index (χ1n) is 7.27. The largest absolute Gasteiger partial charge is 0.301 e. The highest BCUT2D eigenvalue weighted by atomic mass is 32.1. The average molecular weight is 287 g/mol. The van der Waals surface area contributed by atoms with Crippen molar-refractivity contribution in [2.24, 2.45) is 0 Å². The molecule has 2 heterocycles. The molecule has 0 spiro atoms. The van der Waals surface area contributed by atoms with E-state index in [1.54, 1.807) is 11.3 Å². The van der Waals surface area contributed by atoms with Crippen LogP contribution in [0.15, 0.2) is 23.8 Å². The molecule has 1 aliphatic rings. The lowest BCUT2D eigenvalue weighted by Crippen LogP contribution is -2.25. The minimum atomic E-state index is 0.189. The van der Waals surface area contributed by atoms with Crippen molar-refractivity contribution in [3.8, 4) is 0 Å². The van der Waals surface area contributed by atoms with Gasteiger partial charge >= 0.3 is 0 Å². The van der Waals surface area contributed by atoms with Crippen LogP contribution in [0.3, 0.4) is 0 Å². The Morgan fingerprint density at radius 3 is 2.75 bits per heavy atom. The minimum Gasteiger partial charge on any atom is -0.301 e. The number of rotatable bonds is 5. The predicted molar refractivity (Wildman–Crippen MR) is 83.2 cm³/mol. The molecule has 1 unspecified atom stereocenters. The number of nitrogens with one attached hydrogen (secondary N) is 1. The predicted octanol–water partition coefficient (Wildman–Crippen LogP) is 3.81. The number of aryl methyl sites for hydroxylation is 1. The molecule has 2 aromatic heterocycles. The van der Waals surface area contributed by atoms with Crippen molar-refractivity contribution in [1.82, 2.24) is 15.3 Å². The van der Waals surface area contributed by atoms with Gasteiger partial charge in [-0.25, -0.2) is 4.98 Å². The van der Waals surface area contributed by atoms with Crippen LogP contribution in [-0.2, 0) is 0 Å². The molecule has 1 aliphatic carbocycles. The highest BCUT2D eigenvalue weighted by Gasteiger charge is 2.29. The summed E-state index contributed by atoms with van der Waals surface area (Å²) < 4.78 is 0. The molecule has 0 radical (unpaired) electrons. The van der Waals surface area contributed by atoms with Crippen LogP contribution in [0.25, 0.3) is 0 Å². The van der Waals surface area contributed by atoms with Crippen molar-refractivity contribution in [3.63, 3.8) is 0 Å². The first-order chi connectivity index (χ1) is 9.65. The Kier molecular flexibility index (Phi) is 3.85. The highest BCUT2D eigenvalue weighted by Crippen LogP contribution is 2.32. The first-order valence-corrected chi connectivity index (χ1v) is 8.15. The number of aromatic nitrogens is 2. The van der Waals surface area contributed by atoms with Crippen molar-refractivity contribution in [2.75, 3.05) is 0 Å². The molecular formula is C16H21N3S. The van der Waals surface area contributed by atoms with E-state index in [4.69, 9.17) is 4.98 Å².